The molecule has 0 amide bonds. The number of morpholine rings is 1. The van der Waals surface area contributed by atoms with Crippen molar-refractivity contribution in [2.75, 3.05) is 50.3 Å². The number of methoxy groups -OCH3 is 2. The lowest BCUT2D eigenvalue weighted by Gasteiger charge is -2.39. The zero-order valence-corrected chi connectivity index (χ0v) is 21.4. The minimum Gasteiger partial charge on any atom is -0.466 e. The van der Waals surface area contributed by atoms with Gasteiger partial charge in [0.05, 0.1) is 61.9 Å². The number of hydrogen-bond donors (Lipinski definition) is 1. The van der Waals surface area contributed by atoms with Gasteiger partial charge in [0.2, 0.25) is 0 Å². The van der Waals surface area contributed by atoms with Crippen LogP contribution in [0.1, 0.15) is 11.5 Å². The van der Waals surface area contributed by atoms with E-state index in [-0.39, 0.29) is 22.7 Å². The van der Waals surface area contributed by atoms with Crippen molar-refractivity contribution in [2.24, 2.45) is 5.73 Å². The molecule has 4 rings (SSSR count). The molecule has 10 heteroatoms. The molecule has 0 radical (unpaired) electrons. The van der Waals surface area contributed by atoms with Crippen LogP contribution in [0.25, 0.3) is 0 Å². The largest absolute Gasteiger partial charge is 0.466 e. The maximum atomic E-state index is 13.3. The number of allylic oxidation sites excluding steroid dienone is 1. The van der Waals surface area contributed by atoms with Gasteiger partial charge >= 0.3 is 11.9 Å². The van der Waals surface area contributed by atoms with E-state index in [2.05, 4.69) is 26.9 Å². The fraction of sp³-hybridized carbons (Fsp3) is 0.269. The molecule has 0 spiro atoms. The minimum absolute atomic E-state index is 0.0204. The third-order valence-electron chi connectivity index (χ3n) is 6.14. The SMILES string of the molecule is COC(=O)C1=C(C(=O)OC)N(c2cc(Br)ccc2N2CCOCC2)C(N)=C(C#N)C1c1ccccc1. The highest BCUT2D eigenvalue weighted by Gasteiger charge is 2.43. The van der Waals surface area contributed by atoms with Gasteiger partial charge < -0.3 is 24.8 Å². The zero-order valence-electron chi connectivity index (χ0n) is 19.9. The van der Waals surface area contributed by atoms with E-state index in [4.69, 9.17) is 19.9 Å². The van der Waals surface area contributed by atoms with Crippen LogP contribution in [0, 0.1) is 11.3 Å². The molecule has 36 heavy (non-hydrogen) atoms. The van der Waals surface area contributed by atoms with Crippen molar-refractivity contribution in [3.8, 4) is 6.07 Å². The second-order valence-corrected chi connectivity index (χ2v) is 8.98. The van der Waals surface area contributed by atoms with Crippen LogP contribution >= 0.6 is 15.9 Å². The Morgan fingerprint density at radius 2 is 1.72 bits per heavy atom. The second-order valence-electron chi connectivity index (χ2n) is 8.07. The molecule has 9 nitrogen and oxygen atoms in total. The van der Waals surface area contributed by atoms with Crippen LogP contribution in [0.15, 0.2) is 75.7 Å². The van der Waals surface area contributed by atoms with Crippen LogP contribution in [0.5, 0.6) is 0 Å². The molecular weight excluding hydrogens is 528 g/mol. The topological polar surface area (TPSA) is 118 Å². The molecule has 1 saturated heterocycles. The summed E-state index contributed by atoms with van der Waals surface area (Å²) in [6.45, 7) is 2.30. The average Bonchev–Trinajstić information content (AvgIpc) is 2.92. The van der Waals surface area contributed by atoms with Crippen LogP contribution in [-0.2, 0) is 23.8 Å². The number of esters is 2. The quantitative estimate of drug-likeness (QED) is 0.557. The van der Waals surface area contributed by atoms with Crippen molar-refractivity contribution in [1.29, 1.82) is 5.26 Å². The Labute approximate surface area is 217 Å². The Hall–Kier alpha value is -3.81. The van der Waals surface area contributed by atoms with Crippen molar-refractivity contribution in [1.82, 2.24) is 0 Å². The summed E-state index contributed by atoms with van der Waals surface area (Å²) in [5, 5.41) is 10.2. The third-order valence-corrected chi connectivity index (χ3v) is 6.63. The van der Waals surface area contributed by atoms with Crippen molar-refractivity contribution in [2.45, 2.75) is 5.92 Å². The van der Waals surface area contributed by atoms with E-state index in [0.717, 1.165) is 10.2 Å². The molecule has 1 fully saturated rings. The molecule has 2 aromatic carbocycles. The molecule has 0 saturated carbocycles. The fourth-order valence-electron chi connectivity index (χ4n) is 4.51. The average molecular weight is 553 g/mol. The Balaban J connectivity index is 2.05. The van der Waals surface area contributed by atoms with Crippen molar-refractivity contribution in [3.05, 3.63) is 81.2 Å². The molecule has 0 aromatic heterocycles. The van der Waals surface area contributed by atoms with Gasteiger partial charge in [-0.2, -0.15) is 5.26 Å². The normalized spacial score (nSPS) is 18.1. The molecule has 2 N–H and O–H groups in total. The number of hydrogen-bond acceptors (Lipinski definition) is 9. The number of anilines is 2. The van der Waals surface area contributed by atoms with E-state index in [1.807, 2.05) is 18.2 Å². The lowest BCUT2D eigenvalue weighted by Crippen LogP contribution is -2.42. The first-order chi connectivity index (χ1) is 17.4. The number of benzene rings is 2. The van der Waals surface area contributed by atoms with Gasteiger partial charge in [-0.1, -0.05) is 46.3 Å². The Morgan fingerprint density at radius 1 is 1.06 bits per heavy atom. The van der Waals surface area contributed by atoms with Crippen LogP contribution in [0.3, 0.4) is 0 Å². The Bertz CT molecular complexity index is 1280. The molecule has 2 aromatic rings. The summed E-state index contributed by atoms with van der Waals surface area (Å²) in [6, 6.07) is 16.6. The maximum absolute atomic E-state index is 13.3. The van der Waals surface area contributed by atoms with Crippen molar-refractivity contribution >= 4 is 39.2 Å². The summed E-state index contributed by atoms with van der Waals surface area (Å²) in [5.74, 6) is -2.46. The molecule has 0 aliphatic carbocycles. The first-order valence-electron chi connectivity index (χ1n) is 11.2. The molecule has 1 atom stereocenters. The van der Waals surface area contributed by atoms with Gasteiger partial charge in [-0.3, -0.25) is 4.90 Å². The number of nitriles is 1. The zero-order chi connectivity index (χ0) is 25.8. The summed E-state index contributed by atoms with van der Waals surface area (Å²) in [6.07, 6.45) is 0. The molecule has 2 aliphatic rings. The summed E-state index contributed by atoms with van der Waals surface area (Å²) in [5.41, 5.74) is 8.50. The van der Waals surface area contributed by atoms with E-state index < -0.39 is 17.9 Å². The standard InChI is InChI=1S/C26H25BrN4O5/c1-34-25(32)22-21(16-6-4-3-5-7-16)18(15-28)24(29)31(23(22)26(33)35-2)20-14-17(27)8-9-19(20)30-10-12-36-13-11-30/h3-9,14,21H,10-13,29H2,1-2H3. The van der Waals surface area contributed by atoms with E-state index in [1.54, 1.807) is 30.3 Å². The van der Waals surface area contributed by atoms with Gasteiger partial charge in [0.25, 0.3) is 0 Å². The first kappa shape index (κ1) is 25.3. The van der Waals surface area contributed by atoms with Gasteiger partial charge in [-0.05, 0) is 23.8 Å². The summed E-state index contributed by atoms with van der Waals surface area (Å²) in [7, 11) is 2.45. The first-order valence-corrected chi connectivity index (χ1v) is 12.0. The molecule has 2 heterocycles. The number of nitrogens with zero attached hydrogens (tertiary/aromatic N) is 3. The van der Waals surface area contributed by atoms with E-state index in [9.17, 15) is 14.9 Å². The highest BCUT2D eigenvalue weighted by molar-refractivity contribution is 9.10. The number of nitrogens with two attached hydrogens (primary N) is 1. The highest BCUT2D eigenvalue weighted by Crippen LogP contribution is 2.46. The van der Waals surface area contributed by atoms with Crippen molar-refractivity contribution in [3.63, 3.8) is 0 Å². The van der Waals surface area contributed by atoms with Gasteiger partial charge in [0.1, 0.15) is 11.5 Å². The lowest BCUT2D eigenvalue weighted by atomic mass is 9.81. The smallest absolute Gasteiger partial charge is 0.355 e. The maximum Gasteiger partial charge on any atom is 0.355 e. The van der Waals surface area contributed by atoms with Crippen LogP contribution < -0.4 is 15.5 Å². The van der Waals surface area contributed by atoms with Gasteiger partial charge in [-0.25, -0.2) is 9.59 Å². The number of carbonyl (C=O) groups excluding carboxylic acids is 2. The molecular formula is C26H25BrN4O5. The van der Waals surface area contributed by atoms with Crippen LogP contribution in [0.4, 0.5) is 11.4 Å². The Kier molecular flexibility index (Phi) is 7.62. The number of rotatable bonds is 5. The molecule has 2 aliphatic heterocycles. The van der Waals surface area contributed by atoms with Crippen molar-refractivity contribution < 1.29 is 23.8 Å². The molecule has 0 bridgehead atoms. The lowest BCUT2D eigenvalue weighted by molar-refractivity contribution is -0.139. The second kappa shape index (κ2) is 10.8. The summed E-state index contributed by atoms with van der Waals surface area (Å²) >= 11 is 3.50. The number of carbonyl (C=O) groups is 2. The monoisotopic (exact) mass is 552 g/mol. The minimum atomic E-state index is -0.923. The van der Waals surface area contributed by atoms with E-state index in [1.165, 1.54) is 19.1 Å². The van der Waals surface area contributed by atoms with E-state index >= 15 is 0 Å². The summed E-state index contributed by atoms with van der Waals surface area (Å²) < 4.78 is 16.5. The molecule has 1 unspecified atom stereocenters. The Morgan fingerprint density at radius 3 is 2.33 bits per heavy atom. The van der Waals surface area contributed by atoms with Crippen LogP contribution in [0.2, 0.25) is 0 Å². The third kappa shape index (κ3) is 4.55. The highest BCUT2D eigenvalue weighted by atomic mass is 79.9. The van der Waals surface area contributed by atoms with E-state index in [0.29, 0.717) is 37.6 Å². The predicted molar refractivity (Wildman–Crippen MR) is 137 cm³/mol. The predicted octanol–water partition coefficient (Wildman–Crippen LogP) is 3.18. The van der Waals surface area contributed by atoms with Gasteiger partial charge in [0, 0.05) is 17.6 Å². The van der Waals surface area contributed by atoms with Gasteiger partial charge in [-0.15, -0.1) is 0 Å². The van der Waals surface area contributed by atoms with Crippen LogP contribution in [-0.4, -0.2) is 52.5 Å². The fourth-order valence-corrected chi connectivity index (χ4v) is 4.86. The number of ether oxygens (including phenoxy) is 3. The molecule has 186 valence electrons. The summed E-state index contributed by atoms with van der Waals surface area (Å²) in [4.78, 5) is 30.1. The number of halogens is 1. The van der Waals surface area contributed by atoms with Gasteiger partial charge in [0.15, 0.2) is 0 Å².